The molecule has 2 rings (SSSR count). The maximum Gasteiger partial charge on any atom is 0.0443 e. The minimum atomic E-state index is 0.240. The monoisotopic (exact) mass is 241 g/mol. The third kappa shape index (κ3) is 3.65. The van der Waals surface area contributed by atoms with E-state index in [1.165, 1.54) is 5.56 Å². The zero-order chi connectivity index (χ0) is 12.6. The molecule has 0 amide bonds. The van der Waals surface area contributed by atoms with E-state index < -0.39 is 0 Å². The number of benzene rings is 1. The Kier molecular flexibility index (Phi) is 4.88. The molecular weight excluding hydrogens is 224 g/mol. The standard InChI is InChI=1S/C15H17N2O/c18-10-2-9-16-11-13-4-6-14(7-5-13)15-3-1-8-17-12-15/h3-8,12,16,18H,2,9-11H2. The Bertz CT molecular complexity index is 454. The van der Waals surface area contributed by atoms with Gasteiger partial charge in [-0.2, -0.15) is 0 Å². The lowest BCUT2D eigenvalue weighted by molar-refractivity contribution is 0.286. The Labute approximate surface area is 108 Å². The minimum Gasteiger partial charge on any atom is -0.396 e. The summed E-state index contributed by atoms with van der Waals surface area (Å²) in [5.41, 5.74) is 3.47. The number of aromatic nitrogens is 1. The van der Waals surface area contributed by atoms with Gasteiger partial charge in [0.1, 0.15) is 0 Å². The lowest BCUT2D eigenvalue weighted by Crippen LogP contribution is -2.15. The summed E-state index contributed by atoms with van der Waals surface area (Å²) < 4.78 is 0. The van der Waals surface area contributed by atoms with E-state index in [0.29, 0.717) is 0 Å². The maximum absolute atomic E-state index is 8.68. The number of pyridine rings is 1. The van der Waals surface area contributed by atoms with Crippen LogP contribution < -0.4 is 5.32 Å². The minimum absolute atomic E-state index is 0.240. The summed E-state index contributed by atoms with van der Waals surface area (Å²) in [5.74, 6) is 0. The van der Waals surface area contributed by atoms with Gasteiger partial charge in [0, 0.05) is 37.2 Å². The molecule has 0 fully saturated rings. The van der Waals surface area contributed by atoms with E-state index in [2.05, 4.69) is 40.6 Å². The number of nitrogens with one attached hydrogen (secondary N) is 1. The van der Waals surface area contributed by atoms with Crippen molar-refractivity contribution < 1.29 is 5.11 Å². The van der Waals surface area contributed by atoms with Gasteiger partial charge in [-0.05, 0) is 30.2 Å². The Morgan fingerprint density at radius 3 is 2.67 bits per heavy atom. The van der Waals surface area contributed by atoms with E-state index in [-0.39, 0.29) is 6.61 Å². The fourth-order valence-electron chi connectivity index (χ4n) is 1.73. The molecule has 3 nitrogen and oxygen atoms in total. The third-order valence-electron chi connectivity index (χ3n) is 2.73. The van der Waals surface area contributed by atoms with Crippen LogP contribution in [-0.4, -0.2) is 23.2 Å². The smallest absolute Gasteiger partial charge is 0.0443 e. The first kappa shape index (κ1) is 12.7. The highest BCUT2D eigenvalue weighted by molar-refractivity contribution is 5.62. The van der Waals surface area contributed by atoms with E-state index in [9.17, 15) is 0 Å². The van der Waals surface area contributed by atoms with Crippen LogP contribution in [0.4, 0.5) is 0 Å². The van der Waals surface area contributed by atoms with Crippen molar-refractivity contribution in [1.82, 2.24) is 10.3 Å². The van der Waals surface area contributed by atoms with Crippen LogP contribution in [0.2, 0.25) is 0 Å². The van der Waals surface area contributed by atoms with Gasteiger partial charge in [0.2, 0.25) is 0 Å². The molecule has 0 unspecified atom stereocenters. The van der Waals surface area contributed by atoms with Crippen molar-refractivity contribution in [3.05, 3.63) is 54.4 Å². The molecule has 0 bridgehead atoms. The van der Waals surface area contributed by atoms with E-state index in [4.69, 9.17) is 5.11 Å². The highest BCUT2D eigenvalue weighted by atomic mass is 16.3. The van der Waals surface area contributed by atoms with Gasteiger partial charge in [-0.3, -0.25) is 4.98 Å². The summed E-state index contributed by atoms with van der Waals surface area (Å²) >= 11 is 0. The van der Waals surface area contributed by atoms with Gasteiger partial charge in [0.05, 0.1) is 0 Å². The van der Waals surface area contributed by atoms with Gasteiger partial charge in [-0.1, -0.05) is 24.3 Å². The molecule has 1 aromatic carbocycles. The van der Waals surface area contributed by atoms with Crippen LogP contribution in [0.5, 0.6) is 0 Å². The Morgan fingerprint density at radius 2 is 2.00 bits per heavy atom. The van der Waals surface area contributed by atoms with Crippen molar-refractivity contribution >= 4 is 0 Å². The van der Waals surface area contributed by atoms with Crippen LogP contribution in [0, 0.1) is 6.07 Å². The Balaban J connectivity index is 1.94. The van der Waals surface area contributed by atoms with Crippen molar-refractivity contribution in [2.45, 2.75) is 13.0 Å². The predicted molar refractivity (Wildman–Crippen MR) is 71.9 cm³/mol. The highest BCUT2D eigenvalue weighted by Gasteiger charge is 1.97. The quantitative estimate of drug-likeness (QED) is 0.761. The molecule has 0 spiro atoms. The Hall–Kier alpha value is -1.71. The van der Waals surface area contributed by atoms with Crippen LogP contribution in [0.1, 0.15) is 12.0 Å². The van der Waals surface area contributed by atoms with E-state index in [0.717, 1.165) is 30.6 Å². The van der Waals surface area contributed by atoms with Crippen molar-refractivity contribution in [1.29, 1.82) is 0 Å². The van der Waals surface area contributed by atoms with E-state index in [1.807, 2.05) is 12.3 Å². The zero-order valence-corrected chi connectivity index (χ0v) is 10.3. The van der Waals surface area contributed by atoms with Gasteiger partial charge < -0.3 is 10.4 Å². The second-order valence-corrected chi connectivity index (χ2v) is 4.12. The van der Waals surface area contributed by atoms with Crippen molar-refractivity contribution in [3.63, 3.8) is 0 Å². The average molecular weight is 241 g/mol. The molecule has 2 aromatic rings. The summed E-state index contributed by atoms with van der Waals surface area (Å²) in [5, 5.41) is 12.0. The molecule has 0 aliphatic heterocycles. The number of hydrogen-bond acceptors (Lipinski definition) is 3. The van der Waals surface area contributed by atoms with Gasteiger partial charge >= 0.3 is 0 Å². The van der Waals surface area contributed by atoms with E-state index in [1.54, 1.807) is 6.20 Å². The second-order valence-electron chi connectivity index (χ2n) is 4.12. The summed E-state index contributed by atoms with van der Waals surface area (Å²) in [6, 6.07) is 13.3. The lowest BCUT2D eigenvalue weighted by atomic mass is 10.1. The van der Waals surface area contributed by atoms with Gasteiger partial charge in [0.25, 0.3) is 0 Å². The molecule has 0 saturated heterocycles. The number of aliphatic hydroxyl groups is 1. The first-order valence-corrected chi connectivity index (χ1v) is 6.12. The molecule has 93 valence electrons. The normalized spacial score (nSPS) is 10.5. The van der Waals surface area contributed by atoms with Gasteiger partial charge in [0.15, 0.2) is 0 Å². The lowest BCUT2D eigenvalue weighted by Gasteiger charge is -2.05. The maximum atomic E-state index is 8.68. The average Bonchev–Trinajstić information content (AvgIpc) is 2.45. The molecule has 0 saturated carbocycles. The molecule has 18 heavy (non-hydrogen) atoms. The summed E-state index contributed by atoms with van der Waals surface area (Å²) in [4.78, 5) is 4.06. The van der Waals surface area contributed by atoms with Gasteiger partial charge in [-0.15, -0.1) is 0 Å². The van der Waals surface area contributed by atoms with Crippen LogP contribution in [0.25, 0.3) is 11.1 Å². The number of rotatable bonds is 6. The second kappa shape index (κ2) is 6.89. The molecule has 1 aromatic heterocycles. The van der Waals surface area contributed by atoms with Crippen LogP contribution in [0.15, 0.2) is 42.7 Å². The topological polar surface area (TPSA) is 45.1 Å². The van der Waals surface area contributed by atoms with Crippen molar-refractivity contribution in [3.8, 4) is 11.1 Å². The molecule has 0 aliphatic rings. The molecule has 0 aliphatic carbocycles. The SMILES string of the molecule is OCCCNCc1ccc(-c2c[c]cnc2)cc1. The molecule has 1 heterocycles. The number of nitrogens with zero attached hydrogens (tertiary/aromatic N) is 1. The van der Waals surface area contributed by atoms with Crippen LogP contribution in [0.3, 0.4) is 0 Å². The first-order chi connectivity index (χ1) is 8.90. The molecule has 0 atom stereocenters. The first-order valence-electron chi connectivity index (χ1n) is 6.12. The number of aliphatic hydroxyl groups excluding tert-OH is 1. The van der Waals surface area contributed by atoms with Crippen molar-refractivity contribution in [2.24, 2.45) is 0 Å². The van der Waals surface area contributed by atoms with Crippen molar-refractivity contribution in [2.75, 3.05) is 13.2 Å². The largest absolute Gasteiger partial charge is 0.396 e. The molecule has 3 heteroatoms. The number of hydrogen-bond donors (Lipinski definition) is 2. The highest BCUT2D eigenvalue weighted by Crippen LogP contribution is 2.17. The third-order valence-corrected chi connectivity index (χ3v) is 2.73. The van der Waals surface area contributed by atoms with E-state index >= 15 is 0 Å². The van der Waals surface area contributed by atoms with Gasteiger partial charge in [-0.25, -0.2) is 0 Å². The van der Waals surface area contributed by atoms with Crippen LogP contribution >= 0.6 is 0 Å². The summed E-state index contributed by atoms with van der Waals surface area (Å²) in [6.45, 7) is 1.92. The zero-order valence-electron chi connectivity index (χ0n) is 10.3. The fraction of sp³-hybridized carbons (Fsp3) is 0.267. The molecule has 2 N–H and O–H groups in total. The fourth-order valence-corrected chi connectivity index (χ4v) is 1.73. The Morgan fingerprint density at radius 1 is 1.17 bits per heavy atom. The van der Waals surface area contributed by atoms with Crippen LogP contribution in [-0.2, 0) is 6.54 Å². The predicted octanol–water partition coefficient (Wildman–Crippen LogP) is 2.02. The molecular formula is C15H17N2O. The summed E-state index contributed by atoms with van der Waals surface area (Å²) in [7, 11) is 0. The summed E-state index contributed by atoms with van der Waals surface area (Å²) in [6.07, 6.45) is 4.29. The molecule has 1 radical (unpaired) electrons.